The van der Waals surface area contributed by atoms with Gasteiger partial charge in [-0.2, -0.15) is 0 Å². The molecule has 2 rings (SSSR count). The van der Waals surface area contributed by atoms with Gasteiger partial charge in [0.15, 0.2) is 11.6 Å². The molecule has 0 amide bonds. The van der Waals surface area contributed by atoms with Crippen LogP contribution < -0.4 is 0 Å². The van der Waals surface area contributed by atoms with Crippen molar-refractivity contribution in [1.82, 2.24) is 4.98 Å². The zero-order valence-corrected chi connectivity index (χ0v) is 6.84. The zero-order chi connectivity index (χ0) is 10.3. The summed E-state index contributed by atoms with van der Waals surface area (Å²) in [6.45, 7) is 0. The number of benzene rings is 1. The molecule has 0 aliphatic heterocycles. The fourth-order valence-electron chi connectivity index (χ4n) is 1.29. The van der Waals surface area contributed by atoms with Crippen LogP contribution in [0.25, 0.3) is 10.9 Å². The first-order chi connectivity index (χ1) is 6.59. The van der Waals surface area contributed by atoms with Gasteiger partial charge in [0.2, 0.25) is 0 Å². The van der Waals surface area contributed by atoms with Crippen LogP contribution >= 0.6 is 0 Å². The Kier molecular flexibility index (Phi) is 1.73. The van der Waals surface area contributed by atoms with E-state index in [1.807, 2.05) is 0 Å². The summed E-state index contributed by atoms with van der Waals surface area (Å²) in [7, 11) is 0. The lowest BCUT2D eigenvalue weighted by atomic mass is 10.2. The molecule has 2 aromatic rings. The molecular weight excluding hydrogens is 192 g/mol. The Hall–Kier alpha value is -1.91. The molecule has 0 saturated heterocycles. The van der Waals surface area contributed by atoms with Crippen LogP contribution in [0.15, 0.2) is 18.3 Å². The fraction of sp³-hybridized carbons (Fsp3) is 0. The predicted octanol–water partition coefficient (Wildman–Crippen LogP) is 2.14. The zero-order valence-electron chi connectivity index (χ0n) is 6.84. The molecule has 1 aromatic heterocycles. The van der Waals surface area contributed by atoms with Crippen LogP contribution in [0.5, 0.6) is 0 Å². The Bertz CT molecular complexity index is 519. The number of carboxylic acids is 1. The van der Waals surface area contributed by atoms with Gasteiger partial charge in [0.1, 0.15) is 0 Å². The lowest BCUT2D eigenvalue weighted by molar-refractivity contribution is 0.0699. The van der Waals surface area contributed by atoms with E-state index in [-0.39, 0.29) is 16.5 Å². The average molecular weight is 197 g/mol. The molecule has 0 spiro atoms. The van der Waals surface area contributed by atoms with Crippen molar-refractivity contribution in [3.8, 4) is 0 Å². The van der Waals surface area contributed by atoms with Crippen LogP contribution in [0.1, 0.15) is 10.4 Å². The SMILES string of the molecule is O=C(O)c1c[nH]c2cc(F)c(F)cc12. The molecule has 5 heteroatoms. The molecule has 0 bridgehead atoms. The molecule has 2 N–H and O–H groups in total. The van der Waals surface area contributed by atoms with Crippen LogP contribution in [-0.2, 0) is 0 Å². The van der Waals surface area contributed by atoms with Gasteiger partial charge in [-0.05, 0) is 6.07 Å². The van der Waals surface area contributed by atoms with Gasteiger partial charge in [-0.15, -0.1) is 0 Å². The van der Waals surface area contributed by atoms with E-state index >= 15 is 0 Å². The molecule has 3 nitrogen and oxygen atoms in total. The first kappa shape index (κ1) is 8.68. The van der Waals surface area contributed by atoms with Crippen LogP contribution in [0, 0.1) is 11.6 Å². The number of halogens is 2. The molecular formula is C9H5F2NO2. The third kappa shape index (κ3) is 1.14. The van der Waals surface area contributed by atoms with Crippen LogP contribution in [-0.4, -0.2) is 16.1 Å². The highest BCUT2D eigenvalue weighted by atomic mass is 19.2. The highest BCUT2D eigenvalue weighted by molar-refractivity contribution is 6.03. The topological polar surface area (TPSA) is 53.1 Å². The maximum atomic E-state index is 12.8. The van der Waals surface area contributed by atoms with E-state index in [0.29, 0.717) is 0 Å². The number of hydrogen-bond donors (Lipinski definition) is 2. The number of hydrogen-bond acceptors (Lipinski definition) is 1. The normalized spacial score (nSPS) is 10.7. The number of aromatic carboxylic acids is 1. The van der Waals surface area contributed by atoms with Crippen molar-refractivity contribution in [2.45, 2.75) is 0 Å². The Balaban J connectivity index is 2.80. The van der Waals surface area contributed by atoms with Crippen LogP contribution in [0.2, 0.25) is 0 Å². The standard InChI is InChI=1S/C9H5F2NO2/c10-6-1-4-5(9(13)14)3-12-8(4)2-7(6)11/h1-3,12H,(H,13,14). The minimum Gasteiger partial charge on any atom is -0.478 e. The van der Waals surface area contributed by atoms with Crippen molar-refractivity contribution >= 4 is 16.9 Å². The van der Waals surface area contributed by atoms with E-state index in [2.05, 4.69) is 4.98 Å². The van der Waals surface area contributed by atoms with Crippen molar-refractivity contribution in [3.63, 3.8) is 0 Å². The van der Waals surface area contributed by atoms with E-state index in [0.717, 1.165) is 12.1 Å². The Morgan fingerprint density at radius 3 is 2.57 bits per heavy atom. The third-order valence-electron chi connectivity index (χ3n) is 1.95. The fourth-order valence-corrected chi connectivity index (χ4v) is 1.29. The van der Waals surface area contributed by atoms with Gasteiger partial charge in [0.25, 0.3) is 0 Å². The Labute approximate surface area is 77.0 Å². The summed E-state index contributed by atoms with van der Waals surface area (Å²) in [6.07, 6.45) is 1.20. The number of aromatic nitrogens is 1. The van der Waals surface area contributed by atoms with Crippen molar-refractivity contribution < 1.29 is 18.7 Å². The molecule has 0 fully saturated rings. The summed E-state index contributed by atoms with van der Waals surface area (Å²) in [6, 6.07) is 1.79. The number of carboxylic acid groups (broad SMARTS) is 1. The quantitative estimate of drug-likeness (QED) is 0.735. The van der Waals surface area contributed by atoms with Crippen molar-refractivity contribution in [3.05, 3.63) is 35.5 Å². The van der Waals surface area contributed by atoms with Crippen LogP contribution in [0.3, 0.4) is 0 Å². The van der Waals surface area contributed by atoms with Gasteiger partial charge in [0.05, 0.1) is 5.56 Å². The summed E-state index contributed by atoms with van der Waals surface area (Å²) in [5.41, 5.74) is 0.195. The molecule has 1 heterocycles. The third-order valence-corrected chi connectivity index (χ3v) is 1.95. The summed E-state index contributed by atoms with van der Waals surface area (Å²) in [5.74, 6) is -3.24. The molecule has 72 valence electrons. The predicted molar refractivity (Wildman–Crippen MR) is 45.2 cm³/mol. The minimum atomic E-state index is -1.18. The van der Waals surface area contributed by atoms with E-state index < -0.39 is 17.6 Å². The van der Waals surface area contributed by atoms with Crippen molar-refractivity contribution in [1.29, 1.82) is 0 Å². The van der Waals surface area contributed by atoms with Crippen molar-refractivity contribution in [2.75, 3.05) is 0 Å². The number of fused-ring (bicyclic) bond motifs is 1. The van der Waals surface area contributed by atoms with E-state index in [4.69, 9.17) is 5.11 Å². The lowest BCUT2D eigenvalue weighted by Gasteiger charge is -1.94. The van der Waals surface area contributed by atoms with Gasteiger partial charge >= 0.3 is 5.97 Å². The average Bonchev–Trinajstić information content (AvgIpc) is 2.48. The largest absolute Gasteiger partial charge is 0.478 e. The van der Waals surface area contributed by atoms with Crippen LogP contribution in [0.4, 0.5) is 8.78 Å². The molecule has 0 atom stereocenters. The van der Waals surface area contributed by atoms with E-state index in [1.54, 1.807) is 0 Å². The first-order valence-corrected chi connectivity index (χ1v) is 3.79. The maximum Gasteiger partial charge on any atom is 0.337 e. The van der Waals surface area contributed by atoms with Gasteiger partial charge in [-0.25, -0.2) is 13.6 Å². The highest BCUT2D eigenvalue weighted by Crippen LogP contribution is 2.21. The van der Waals surface area contributed by atoms with Gasteiger partial charge in [-0.3, -0.25) is 0 Å². The molecule has 0 radical (unpaired) electrons. The number of H-pyrrole nitrogens is 1. The molecule has 1 aromatic carbocycles. The summed E-state index contributed by atoms with van der Waals surface area (Å²) in [5, 5.41) is 8.86. The molecule has 0 aliphatic carbocycles. The Morgan fingerprint density at radius 2 is 1.93 bits per heavy atom. The van der Waals surface area contributed by atoms with Gasteiger partial charge in [0, 0.05) is 23.2 Å². The van der Waals surface area contributed by atoms with E-state index in [9.17, 15) is 13.6 Å². The van der Waals surface area contributed by atoms with Gasteiger partial charge in [-0.1, -0.05) is 0 Å². The monoisotopic (exact) mass is 197 g/mol. The number of rotatable bonds is 1. The second kappa shape index (κ2) is 2.80. The second-order valence-corrected chi connectivity index (χ2v) is 2.82. The minimum absolute atomic E-state index is 0.0705. The molecule has 14 heavy (non-hydrogen) atoms. The number of nitrogens with one attached hydrogen (secondary N) is 1. The summed E-state index contributed by atoms with van der Waals surface area (Å²) >= 11 is 0. The maximum absolute atomic E-state index is 12.8. The van der Waals surface area contributed by atoms with Gasteiger partial charge < -0.3 is 10.1 Å². The number of aromatic amines is 1. The van der Waals surface area contributed by atoms with E-state index in [1.165, 1.54) is 6.20 Å². The number of carbonyl (C=O) groups is 1. The smallest absolute Gasteiger partial charge is 0.337 e. The summed E-state index contributed by atoms with van der Waals surface area (Å²) in [4.78, 5) is 13.2. The molecule has 0 aliphatic rings. The van der Waals surface area contributed by atoms with Crippen molar-refractivity contribution in [2.24, 2.45) is 0 Å². The summed E-state index contributed by atoms with van der Waals surface area (Å²) < 4.78 is 25.5. The second-order valence-electron chi connectivity index (χ2n) is 2.82. The first-order valence-electron chi connectivity index (χ1n) is 3.79. The molecule has 0 saturated carbocycles. The Morgan fingerprint density at radius 1 is 1.29 bits per heavy atom. The highest BCUT2D eigenvalue weighted by Gasteiger charge is 2.13. The molecule has 0 unspecified atom stereocenters. The lowest BCUT2D eigenvalue weighted by Crippen LogP contribution is -1.94.